The molecule has 0 spiro atoms. The number of phenolic OH excluding ortho intramolecular Hbond substituents is 1. The molecule has 2 rings (SSSR count). The largest absolute Gasteiger partial charge is 0.508 e. The van der Waals surface area contributed by atoms with Gasteiger partial charge < -0.3 is 5.11 Å². The van der Waals surface area contributed by atoms with Gasteiger partial charge in [-0.15, -0.1) is 0 Å². The molecule has 1 N–H and O–H groups in total. The van der Waals surface area contributed by atoms with Crippen LogP contribution >= 0.6 is 0 Å². The maximum Gasteiger partial charge on any atom is 0.115 e. The fraction of sp³-hybridized carbons (Fsp3) is 0.294. The van der Waals surface area contributed by atoms with E-state index in [0.29, 0.717) is 0 Å². The number of rotatable bonds is 6. The number of unbranched alkanes of at least 4 members (excludes halogenated alkanes) is 2. The summed E-state index contributed by atoms with van der Waals surface area (Å²) in [6.45, 7) is 2.22. The van der Waals surface area contributed by atoms with Gasteiger partial charge in [-0.1, -0.05) is 31.9 Å². The van der Waals surface area contributed by atoms with Crippen molar-refractivity contribution in [1.82, 2.24) is 0 Å². The summed E-state index contributed by atoms with van der Waals surface area (Å²) in [4.78, 5) is 0. The van der Waals surface area contributed by atoms with Crippen LogP contribution in [0.15, 0.2) is 58.8 Å². The number of nitrogens with zero attached hydrogens (tertiary/aromatic N) is 2. The van der Waals surface area contributed by atoms with Crippen LogP contribution in [0, 0.1) is 0 Å². The van der Waals surface area contributed by atoms with E-state index in [0.717, 1.165) is 17.8 Å². The summed E-state index contributed by atoms with van der Waals surface area (Å²) in [6, 6.07) is 14.9. The first kappa shape index (κ1) is 14.3. The van der Waals surface area contributed by atoms with Gasteiger partial charge in [0.2, 0.25) is 0 Å². The van der Waals surface area contributed by atoms with Crippen LogP contribution in [0.4, 0.5) is 11.4 Å². The van der Waals surface area contributed by atoms with E-state index in [-0.39, 0.29) is 5.75 Å². The number of azo groups is 1. The predicted octanol–water partition coefficient (Wildman–Crippen LogP) is 5.54. The molecule has 0 amide bonds. The number of hydrogen-bond donors (Lipinski definition) is 1. The Morgan fingerprint density at radius 2 is 1.35 bits per heavy atom. The minimum Gasteiger partial charge on any atom is -0.508 e. The van der Waals surface area contributed by atoms with Crippen LogP contribution in [0.25, 0.3) is 0 Å². The van der Waals surface area contributed by atoms with Crippen LogP contribution in [-0.2, 0) is 6.42 Å². The molecule has 0 unspecified atom stereocenters. The molecule has 20 heavy (non-hydrogen) atoms. The van der Waals surface area contributed by atoms with Crippen molar-refractivity contribution in [1.29, 1.82) is 0 Å². The molecule has 0 aliphatic heterocycles. The molecule has 104 valence electrons. The quantitative estimate of drug-likeness (QED) is 0.542. The van der Waals surface area contributed by atoms with Crippen LogP contribution in [0.1, 0.15) is 31.7 Å². The number of benzene rings is 2. The highest BCUT2D eigenvalue weighted by molar-refractivity contribution is 5.42. The molecule has 0 heterocycles. The molecule has 3 nitrogen and oxygen atoms in total. The van der Waals surface area contributed by atoms with Gasteiger partial charge >= 0.3 is 0 Å². The van der Waals surface area contributed by atoms with Crippen LogP contribution in [0.5, 0.6) is 5.75 Å². The first-order valence-electron chi connectivity index (χ1n) is 7.07. The van der Waals surface area contributed by atoms with E-state index in [4.69, 9.17) is 0 Å². The molecule has 0 aliphatic carbocycles. The third-order valence-corrected chi connectivity index (χ3v) is 3.14. The summed E-state index contributed by atoms with van der Waals surface area (Å²) in [6.07, 6.45) is 4.90. The van der Waals surface area contributed by atoms with E-state index in [2.05, 4.69) is 29.3 Å². The molecule has 2 aromatic rings. The average Bonchev–Trinajstić information content (AvgIpc) is 2.48. The van der Waals surface area contributed by atoms with E-state index < -0.39 is 0 Å². The molecule has 0 bridgehead atoms. The van der Waals surface area contributed by atoms with Crippen LogP contribution in [-0.4, -0.2) is 5.11 Å². The molecule has 0 saturated carbocycles. The Balaban J connectivity index is 1.94. The maximum atomic E-state index is 9.19. The summed E-state index contributed by atoms with van der Waals surface area (Å²) >= 11 is 0. The van der Waals surface area contributed by atoms with E-state index in [1.165, 1.54) is 24.8 Å². The topological polar surface area (TPSA) is 45.0 Å². The number of aryl methyl sites for hydroxylation is 1. The van der Waals surface area contributed by atoms with Gasteiger partial charge in [0.1, 0.15) is 5.75 Å². The molecule has 0 fully saturated rings. The average molecular weight is 268 g/mol. The van der Waals surface area contributed by atoms with E-state index >= 15 is 0 Å². The second kappa shape index (κ2) is 7.43. The van der Waals surface area contributed by atoms with Gasteiger partial charge in [-0.05, 0) is 54.8 Å². The summed E-state index contributed by atoms with van der Waals surface area (Å²) in [7, 11) is 0. The zero-order valence-corrected chi connectivity index (χ0v) is 11.8. The minimum absolute atomic E-state index is 0.236. The highest BCUT2D eigenvalue weighted by Gasteiger charge is 1.95. The molecular weight excluding hydrogens is 248 g/mol. The molecule has 0 aromatic heterocycles. The minimum atomic E-state index is 0.236. The van der Waals surface area contributed by atoms with Gasteiger partial charge in [0, 0.05) is 0 Å². The van der Waals surface area contributed by atoms with Crippen LogP contribution in [0.3, 0.4) is 0 Å². The number of hydrogen-bond acceptors (Lipinski definition) is 3. The Hall–Kier alpha value is -2.16. The SMILES string of the molecule is CCCCCc1ccc(N=Nc2ccc(O)cc2)cc1. The molecule has 2 aromatic carbocycles. The van der Waals surface area contributed by atoms with Crippen molar-refractivity contribution < 1.29 is 5.11 Å². The van der Waals surface area contributed by atoms with Gasteiger partial charge in [0.05, 0.1) is 11.4 Å². The first-order valence-corrected chi connectivity index (χ1v) is 7.07. The monoisotopic (exact) mass is 268 g/mol. The molecule has 0 saturated heterocycles. The fourth-order valence-corrected chi connectivity index (χ4v) is 1.94. The Kier molecular flexibility index (Phi) is 5.30. The zero-order valence-electron chi connectivity index (χ0n) is 11.8. The summed E-state index contributed by atoms with van der Waals surface area (Å²) in [5.41, 5.74) is 2.93. The maximum absolute atomic E-state index is 9.19. The van der Waals surface area contributed by atoms with Crippen molar-refractivity contribution >= 4 is 11.4 Å². The zero-order chi connectivity index (χ0) is 14.2. The van der Waals surface area contributed by atoms with Gasteiger partial charge in [-0.3, -0.25) is 0 Å². The van der Waals surface area contributed by atoms with Crippen molar-refractivity contribution in [3.8, 4) is 5.75 Å². The van der Waals surface area contributed by atoms with Crippen LogP contribution < -0.4 is 0 Å². The second-order valence-corrected chi connectivity index (χ2v) is 4.84. The van der Waals surface area contributed by atoms with Crippen molar-refractivity contribution in [3.63, 3.8) is 0 Å². The Morgan fingerprint density at radius 3 is 1.90 bits per heavy atom. The van der Waals surface area contributed by atoms with Gasteiger partial charge in [-0.2, -0.15) is 10.2 Å². The van der Waals surface area contributed by atoms with Crippen molar-refractivity contribution in [2.75, 3.05) is 0 Å². The molecule has 3 heteroatoms. The highest BCUT2D eigenvalue weighted by atomic mass is 16.3. The highest BCUT2D eigenvalue weighted by Crippen LogP contribution is 2.21. The molecule has 0 aliphatic rings. The summed E-state index contributed by atoms with van der Waals surface area (Å²) in [5, 5.41) is 17.5. The van der Waals surface area contributed by atoms with E-state index in [1.54, 1.807) is 24.3 Å². The number of aromatic hydroxyl groups is 1. The lowest BCUT2D eigenvalue weighted by Gasteiger charge is -2.00. The third kappa shape index (κ3) is 4.50. The third-order valence-electron chi connectivity index (χ3n) is 3.14. The molecular formula is C17H20N2O. The van der Waals surface area contributed by atoms with Gasteiger partial charge in [-0.25, -0.2) is 0 Å². The molecule has 0 radical (unpaired) electrons. The Morgan fingerprint density at radius 1 is 0.800 bits per heavy atom. The summed E-state index contributed by atoms with van der Waals surface area (Å²) in [5.74, 6) is 0.236. The Bertz CT molecular complexity index is 544. The van der Waals surface area contributed by atoms with E-state index in [1.807, 2.05) is 12.1 Å². The van der Waals surface area contributed by atoms with Gasteiger partial charge in [0.15, 0.2) is 0 Å². The summed E-state index contributed by atoms with van der Waals surface area (Å²) < 4.78 is 0. The van der Waals surface area contributed by atoms with Crippen LogP contribution in [0.2, 0.25) is 0 Å². The normalized spacial score (nSPS) is 11.1. The van der Waals surface area contributed by atoms with Crippen molar-refractivity contribution in [3.05, 3.63) is 54.1 Å². The second-order valence-electron chi connectivity index (χ2n) is 4.84. The van der Waals surface area contributed by atoms with Gasteiger partial charge in [0.25, 0.3) is 0 Å². The fourth-order valence-electron chi connectivity index (χ4n) is 1.94. The lowest BCUT2D eigenvalue weighted by Crippen LogP contribution is -1.83. The van der Waals surface area contributed by atoms with Crippen molar-refractivity contribution in [2.24, 2.45) is 10.2 Å². The standard InChI is InChI=1S/C17H20N2O/c1-2-3-4-5-14-6-8-15(9-7-14)18-19-16-10-12-17(20)13-11-16/h6-13,20H,2-5H2,1H3. The lowest BCUT2D eigenvalue weighted by molar-refractivity contribution is 0.475. The van der Waals surface area contributed by atoms with Crippen molar-refractivity contribution in [2.45, 2.75) is 32.6 Å². The predicted molar refractivity (Wildman–Crippen MR) is 82.0 cm³/mol. The first-order chi connectivity index (χ1) is 9.78. The Labute approximate surface area is 120 Å². The number of phenols is 1. The van der Waals surface area contributed by atoms with E-state index in [9.17, 15) is 5.11 Å². The lowest BCUT2D eigenvalue weighted by atomic mass is 10.1. The smallest absolute Gasteiger partial charge is 0.115 e. The molecule has 0 atom stereocenters.